The molecule has 1 atom stereocenters. The van der Waals surface area contributed by atoms with Crippen LogP contribution in [0, 0.1) is 12.3 Å². The Kier molecular flexibility index (Phi) is 4.77. The van der Waals surface area contributed by atoms with Crippen molar-refractivity contribution in [3.63, 3.8) is 0 Å². The van der Waals surface area contributed by atoms with E-state index >= 15 is 0 Å². The molecule has 9 nitrogen and oxygen atoms in total. The summed E-state index contributed by atoms with van der Waals surface area (Å²) in [6, 6.07) is 6.91. The van der Waals surface area contributed by atoms with E-state index in [0.29, 0.717) is 10.3 Å². The summed E-state index contributed by atoms with van der Waals surface area (Å²) in [4.78, 5) is 19.7. The van der Waals surface area contributed by atoms with Gasteiger partial charge in [0.1, 0.15) is 17.1 Å². The minimum absolute atomic E-state index is 0.0418. The smallest absolute Gasteiger partial charge is 0.330 e. The Morgan fingerprint density at radius 1 is 1.39 bits per heavy atom. The molecular formula is C13H13N4O5S-. The lowest BCUT2D eigenvalue weighted by Crippen LogP contribution is -2.34. The van der Waals surface area contributed by atoms with Crippen LogP contribution in [0.1, 0.15) is 12.5 Å². The minimum atomic E-state index is -2.93. The highest BCUT2D eigenvalue weighted by atomic mass is 32.2. The van der Waals surface area contributed by atoms with Gasteiger partial charge in [-0.1, -0.05) is 29.8 Å². The molecule has 0 saturated heterocycles. The van der Waals surface area contributed by atoms with Crippen molar-refractivity contribution in [1.82, 2.24) is 9.71 Å². The van der Waals surface area contributed by atoms with E-state index in [9.17, 15) is 13.6 Å². The number of benzene rings is 1. The quantitative estimate of drug-likeness (QED) is 0.751. The summed E-state index contributed by atoms with van der Waals surface area (Å²) < 4.78 is 27.1. The molecule has 0 bridgehead atoms. The summed E-state index contributed by atoms with van der Waals surface area (Å²) >= 11 is -2.93. The van der Waals surface area contributed by atoms with Gasteiger partial charge in [-0.3, -0.25) is 5.41 Å². The zero-order chi connectivity index (χ0) is 17.1. The molecule has 10 heteroatoms. The number of carbonyl (C=O) groups is 1. The molecule has 0 radical (unpaired) electrons. The van der Waals surface area contributed by atoms with Crippen molar-refractivity contribution in [2.45, 2.75) is 13.8 Å². The topological polar surface area (TPSA) is 143 Å². The van der Waals surface area contributed by atoms with Gasteiger partial charge < -0.3 is 19.3 Å². The normalized spacial score (nSPS) is 11.8. The van der Waals surface area contributed by atoms with E-state index in [-0.39, 0.29) is 17.3 Å². The molecule has 3 N–H and O–H groups in total. The van der Waals surface area contributed by atoms with E-state index < -0.39 is 22.9 Å². The van der Waals surface area contributed by atoms with E-state index in [4.69, 9.17) is 16.0 Å². The Hall–Kier alpha value is -2.72. The molecule has 0 saturated carbocycles. The summed E-state index contributed by atoms with van der Waals surface area (Å²) in [5.74, 6) is -1.46. The highest BCUT2D eigenvalue weighted by molar-refractivity contribution is 7.74. The van der Waals surface area contributed by atoms with Gasteiger partial charge in [-0.05, 0) is 6.92 Å². The molecule has 0 spiro atoms. The lowest BCUT2D eigenvalue weighted by atomic mass is 10.1. The second kappa shape index (κ2) is 6.58. The minimum Gasteiger partial charge on any atom is -0.740 e. The average Bonchev–Trinajstić information content (AvgIpc) is 2.46. The third-order valence-corrected chi connectivity index (χ3v) is 3.08. The lowest BCUT2D eigenvalue weighted by Gasteiger charge is -2.17. The first-order chi connectivity index (χ1) is 10.8. The van der Waals surface area contributed by atoms with Crippen LogP contribution < -0.4 is 20.4 Å². The predicted molar refractivity (Wildman–Crippen MR) is 79.5 cm³/mol. The van der Waals surface area contributed by atoms with Gasteiger partial charge in [0.25, 0.3) is 5.62 Å². The number of anilines is 1. The SMILES string of the molecule is CC(=O)On1c(N)c(OS(=O)[O-])c(-c2ccc(C)cc2)nc1=N. The number of hydrogen-bond donors (Lipinski definition) is 2. The number of nitrogens with zero attached hydrogens (tertiary/aromatic N) is 2. The van der Waals surface area contributed by atoms with Gasteiger partial charge in [0, 0.05) is 12.5 Å². The Morgan fingerprint density at radius 2 is 2.00 bits per heavy atom. The van der Waals surface area contributed by atoms with Crippen molar-refractivity contribution in [1.29, 1.82) is 5.41 Å². The van der Waals surface area contributed by atoms with Crippen LogP contribution >= 0.6 is 0 Å². The van der Waals surface area contributed by atoms with Gasteiger partial charge in [0.15, 0.2) is 5.82 Å². The summed E-state index contributed by atoms with van der Waals surface area (Å²) in [6.07, 6.45) is 0. The highest BCUT2D eigenvalue weighted by Gasteiger charge is 2.19. The van der Waals surface area contributed by atoms with Crippen LogP contribution in [0.25, 0.3) is 11.3 Å². The Morgan fingerprint density at radius 3 is 2.52 bits per heavy atom. The number of rotatable bonds is 4. The maximum absolute atomic E-state index is 11.1. The number of carbonyl (C=O) groups excluding carboxylic acids is 1. The van der Waals surface area contributed by atoms with E-state index in [1.807, 2.05) is 6.92 Å². The van der Waals surface area contributed by atoms with Crippen LogP contribution in [0.2, 0.25) is 0 Å². The van der Waals surface area contributed by atoms with Crippen molar-refractivity contribution < 1.29 is 22.6 Å². The Balaban J connectivity index is 2.70. The zero-order valence-corrected chi connectivity index (χ0v) is 13.0. The number of nitrogens with two attached hydrogens (primary N) is 1. The van der Waals surface area contributed by atoms with Gasteiger partial charge in [0.05, 0.1) is 0 Å². The molecule has 0 fully saturated rings. The monoisotopic (exact) mass is 337 g/mol. The fraction of sp³-hybridized carbons (Fsp3) is 0.154. The van der Waals surface area contributed by atoms with E-state index in [2.05, 4.69) is 9.17 Å². The van der Waals surface area contributed by atoms with Crippen LogP contribution in [-0.4, -0.2) is 24.4 Å². The van der Waals surface area contributed by atoms with Crippen molar-refractivity contribution in [3.8, 4) is 17.0 Å². The highest BCUT2D eigenvalue weighted by Crippen LogP contribution is 2.32. The fourth-order valence-electron chi connectivity index (χ4n) is 1.81. The summed E-state index contributed by atoms with van der Waals surface area (Å²) in [7, 11) is 0. The van der Waals surface area contributed by atoms with E-state index in [0.717, 1.165) is 12.5 Å². The standard InChI is InChI=1S/C13H14N4O5S/c1-7-3-5-9(6-4-7)10-11(22-23(19)20)12(14)17(13(15)16-10)21-8(2)18/h3-6,15H,14H2,1-2H3,(H,19,20)/p-1. The largest absolute Gasteiger partial charge is 0.740 e. The third kappa shape index (κ3) is 3.73. The number of nitrogens with one attached hydrogen (secondary N) is 1. The van der Waals surface area contributed by atoms with Crippen LogP contribution in [0.3, 0.4) is 0 Å². The summed E-state index contributed by atoms with van der Waals surface area (Å²) in [5, 5.41) is 7.80. The van der Waals surface area contributed by atoms with Crippen molar-refractivity contribution in [3.05, 3.63) is 35.4 Å². The van der Waals surface area contributed by atoms with Crippen molar-refractivity contribution in [2.75, 3.05) is 5.73 Å². The molecule has 2 aromatic rings. The fourth-order valence-corrected chi connectivity index (χ4v) is 2.11. The second-order valence-electron chi connectivity index (χ2n) is 4.53. The zero-order valence-electron chi connectivity index (χ0n) is 12.2. The maximum Gasteiger partial charge on any atom is 0.330 e. The molecule has 0 aliphatic rings. The van der Waals surface area contributed by atoms with Gasteiger partial charge in [-0.15, -0.1) is 4.73 Å². The Labute approximate surface area is 133 Å². The van der Waals surface area contributed by atoms with Crippen LogP contribution in [0.4, 0.5) is 5.82 Å². The molecule has 1 aromatic heterocycles. The van der Waals surface area contributed by atoms with Crippen LogP contribution in [0.15, 0.2) is 24.3 Å². The molecule has 2 rings (SSSR count). The molecule has 0 amide bonds. The maximum atomic E-state index is 11.1. The molecule has 1 heterocycles. The van der Waals surface area contributed by atoms with Crippen molar-refractivity contribution >= 4 is 23.1 Å². The third-order valence-electron chi connectivity index (χ3n) is 2.77. The number of nitrogen functional groups attached to an aromatic ring is 1. The second-order valence-corrected chi connectivity index (χ2v) is 5.10. The lowest BCUT2D eigenvalue weighted by molar-refractivity contribution is -0.141. The molecule has 0 aliphatic carbocycles. The summed E-state index contributed by atoms with van der Waals surface area (Å²) in [5.41, 5.74) is 6.80. The molecule has 23 heavy (non-hydrogen) atoms. The van der Waals surface area contributed by atoms with Crippen LogP contribution in [-0.2, 0) is 16.2 Å². The summed E-state index contributed by atoms with van der Waals surface area (Å²) in [6.45, 7) is 2.98. The number of aromatic nitrogens is 2. The van der Waals surface area contributed by atoms with E-state index in [1.54, 1.807) is 24.3 Å². The Bertz CT molecular complexity index is 831. The first kappa shape index (κ1) is 16.6. The molecule has 1 unspecified atom stereocenters. The first-order valence-electron chi connectivity index (χ1n) is 6.30. The van der Waals surface area contributed by atoms with Gasteiger partial charge in [-0.25, -0.2) is 14.0 Å². The first-order valence-corrected chi connectivity index (χ1v) is 7.30. The van der Waals surface area contributed by atoms with Gasteiger partial charge in [0.2, 0.25) is 5.75 Å². The molecule has 122 valence electrons. The van der Waals surface area contributed by atoms with Crippen LogP contribution in [0.5, 0.6) is 5.75 Å². The molecule has 1 aromatic carbocycles. The van der Waals surface area contributed by atoms with Crippen molar-refractivity contribution in [2.24, 2.45) is 0 Å². The molecular weight excluding hydrogens is 324 g/mol. The molecule has 0 aliphatic heterocycles. The van der Waals surface area contributed by atoms with Gasteiger partial charge >= 0.3 is 5.97 Å². The van der Waals surface area contributed by atoms with E-state index in [1.165, 1.54) is 0 Å². The number of aryl methyl sites for hydroxylation is 1. The van der Waals surface area contributed by atoms with Gasteiger partial charge in [-0.2, -0.15) is 0 Å². The predicted octanol–water partition coefficient (Wildman–Crippen LogP) is 0.0682. The average molecular weight is 337 g/mol. The number of hydrogen-bond acceptors (Lipinski definition) is 8.